The van der Waals surface area contributed by atoms with Crippen LogP contribution in [0.25, 0.3) is 0 Å². The number of hydrogen-bond acceptors (Lipinski definition) is 3. The smallest absolute Gasteiger partial charge is 0.0788 e. The zero-order valence-electron chi connectivity index (χ0n) is 10.4. The molecule has 3 fully saturated rings. The van der Waals surface area contributed by atoms with Crippen LogP contribution in [-0.4, -0.2) is 42.8 Å². The lowest BCUT2D eigenvalue weighted by molar-refractivity contribution is -0.176. The van der Waals surface area contributed by atoms with Crippen LogP contribution in [0.3, 0.4) is 0 Å². The van der Waals surface area contributed by atoms with Crippen LogP contribution >= 0.6 is 0 Å². The molecule has 3 heteroatoms. The standard InChI is InChI=1S/C13H24N2O/c1-8(2)9-6-15(7-9)12-11(14)10-4-3-5-16-13(10)12/h8-13H,3-7,14H2,1-2H3. The number of nitrogens with zero attached hydrogens (tertiary/aromatic N) is 1. The molecule has 92 valence electrons. The zero-order chi connectivity index (χ0) is 11.3. The molecule has 1 aliphatic carbocycles. The number of rotatable bonds is 2. The number of ether oxygens (including phenoxy) is 1. The molecule has 3 aliphatic rings. The highest BCUT2D eigenvalue weighted by Crippen LogP contribution is 2.42. The van der Waals surface area contributed by atoms with E-state index in [0.29, 0.717) is 24.1 Å². The Labute approximate surface area is 98.3 Å². The van der Waals surface area contributed by atoms with Crippen molar-refractivity contribution in [3.05, 3.63) is 0 Å². The fourth-order valence-corrected chi connectivity index (χ4v) is 3.58. The molecule has 2 aliphatic heterocycles. The molecule has 2 heterocycles. The summed E-state index contributed by atoms with van der Waals surface area (Å²) in [5.41, 5.74) is 6.29. The van der Waals surface area contributed by atoms with Crippen LogP contribution in [0.1, 0.15) is 26.7 Å². The summed E-state index contributed by atoms with van der Waals surface area (Å²) in [6.07, 6.45) is 2.94. The molecule has 0 bridgehead atoms. The van der Waals surface area contributed by atoms with Gasteiger partial charge in [0.1, 0.15) is 0 Å². The molecule has 0 radical (unpaired) electrons. The van der Waals surface area contributed by atoms with Gasteiger partial charge in [0.05, 0.1) is 12.1 Å². The lowest BCUT2D eigenvalue weighted by Crippen LogP contribution is -2.75. The molecule has 2 N–H and O–H groups in total. The Morgan fingerprint density at radius 3 is 2.75 bits per heavy atom. The van der Waals surface area contributed by atoms with Crippen molar-refractivity contribution >= 4 is 0 Å². The maximum Gasteiger partial charge on any atom is 0.0788 e. The molecule has 0 amide bonds. The van der Waals surface area contributed by atoms with Gasteiger partial charge in [-0.15, -0.1) is 0 Å². The molecule has 16 heavy (non-hydrogen) atoms. The molecule has 4 unspecified atom stereocenters. The Morgan fingerprint density at radius 2 is 2.06 bits per heavy atom. The van der Waals surface area contributed by atoms with Crippen molar-refractivity contribution in [3.63, 3.8) is 0 Å². The molecule has 0 aromatic carbocycles. The molecule has 0 aromatic rings. The van der Waals surface area contributed by atoms with E-state index in [0.717, 1.165) is 18.4 Å². The molecular formula is C13H24N2O. The second-order valence-electron chi connectivity index (χ2n) is 6.17. The SMILES string of the molecule is CC(C)C1CN(C2C(N)C3CCCOC32)C1. The first-order valence-electron chi connectivity index (χ1n) is 6.79. The van der Waals surface area contributed by atoms with E-state index in [1.807, 2.05) is 0 Å². The van der Waals surface area contributed by atoms with Crippen LogP contribution < -0.4 is 5.73 Å². The summed E-state index contributed by atoms with van der Waals surface area (Å²) in [4.78, 5) is 2.56. The Balaban J connectivity index is 1.57. The van der Waals surface area contributed by atoms with E-state index >= 15 is 0 Å². The highest BCUT2D eigenvalue weighted by atomic mass is 16.5. The summed E-state index contributed by atoms with van der Waals surface area (Å²) in [6.45, 7) is 8.07. The van der Waals surface area contributed by atoms with Gasteiger partial charge in [0.15, 0.2) is 0 Å². The average Bonchev–Trinajstić information content (AvgIpc) is 2.21. The first-order chi connectivity index (χ1) is 7.68. The molecule has 2 saturated heterocycles. The summed E-state index contributed by atoms with van der Waals surface area (Å²) >= 11 is 0. The third-order valence-electron chi connectivity index (χ3n) is 4.94. The van der Waals surface area contributed by atoms with Gasteiger partial charge in [0.2, 0.25) is 0 Å². The topological polar surface area (TPSA) is 38.5 Å². The van der Waals surface area contributed by atoms with Gasteiger partial charge in [0.25, 0.3) is 0 Å². The molecule has 4 atom stereocenters. The van der Waals surface area contributed by atoms with Gasteiger partial charge in [-0.3, -0.25) is 4.90 Å². The summed E-state index contributed by atoms with van der Waals surface area (Å²) in [5.74, 6) is 2.35. The largest absolute Gasteiger partial charge is 0.376 e. The second kappa shape index (κ2) is 3.97. The molecule has 0 aromatic heterocycles. The van der Waals surface area contributed by atoms with E-state index in [1.165, 1.54) is 25.9 Å². The van der Waals surface area contributed by atoms with Gasteiger partial charge in [-0.05, 0) is 24.7 Å². The van der Waals surface area contributed by atoms with Crippen LogP contribution in [0.2, 0.25) is 0 Å². The number of hydrogen-bond donors (Lipinski definition) is 1. The van der Waals surface area contributed by atoms with Crippen molar-refractivity contribution in [2.24, 2.45) is 23.5 Å². The van der Waals surface area contributed by atoms with E-state index in [4.69, 9.17) is 10.5 Å². The van der Waals surface area contributed by atoms with Crippen molar-refractivity contribution in [3.8, 4) is 0 Å². The Bertz CT molecular complexity index is 263. The highest BCUT2D eigenvalue weighted by molar-refractivity contribution is 5.10. The van der Waals surface area contributed by atoms with Crippen LogP contribution in [0.4, 0.5) is 0 Å². The van der Waals surface area contributed by atoms with Gasteiger partial charge in [-0.25, -0.2) is 0 Å². The lowest BCUT2D eigenvalue weighted by atomic mass is 9.66. The van der Waals surface area contributed by atoms with Crippen molar-refractivity contribution in [1.82, 2.24) is 4.90 Å². The minimum atomic E-state index is 0.374. The molecular weight excluding hydrogens is 200 g/mol. The first-order valence-corrected chi connectivity index (χ1v) is 6.79. The van der Waals surface area contributed by atoms with Crippen molar-refractivity contribution < 1.29 is 4.74 Å². The third kappa shape index (κ3) is 1.52. The molecule has 3 nitrogen and oxygen atoms in total. The van der Waals surface area contributed by atoms with Crippen molar-refractivity contribution in [1.29, 1.82) is 0 Å². The first kappa shape index (κ1) is 11.0. The van der Waals surface area contributed by atoms with Crippen LogP contribution in [-0.2, 0) is 4.74 Å². The maximum atomic E-state index is 6.29. The summed E-state index contributed by atoms with van der Waals surface area (Å²) < 4.78 is 5.89. The molecule has 0 spiro atoms. The van der Waals surface area contributed by atoms with Crippen molar-refractivity contribution in [2.45, 2.75) is 44.9 Å². The highest BCUT2D eigenvalue weighted by Gasteiger charge is 2.55. The number of fused-ring (bicyclic) bond motifs is 1. The minimum absolute atomic E-state index is 0.374. The number of likely N-dealkylation sites (tertiary alicyclic amines) is 1. The van der Waals surface area contributed by atoms with Gasteiger partial charge in [-0.2, -0.15) is 0 Å². The predicted molar refractivity (Wildman–Crippen MR) is 64.1 cm³/mol. The zero-order valence-corrected chi connectivity index (χ0v) is 10.4. The number of nitrogens with two attached hydrogens (primary N) is 1. The van der Waals surface area contributed by atoms with Gasteiger partial charge >= 0.3 is 0 Å². The molecule has 1 saturated carbocycles. The Hall–Kier alpha value is -0.120. The van der Waals surface area contributed by atoms with E-state index in [9.17, 15) is 0 Å². The van der Waals surface area contributed by atoms with Crippen LogP contribution in [0.15, 0.2) is 0 Å². The van der Waals surface area contributed by atoms with Crippen LogP contribution in [0.5, 0.6) is 0 Å². The summed E-state index contributed by atoms with van der Waals surface area (Å²) in [7, 11) is 0. The van der Waals surface area contributed by atoms with Gasteiger partial charge in [0, 0.05) is 31.7 Å². The van der Waals surface area contributed by atoms with Gasteiger partial charge < -0.3 is 10.5 Å². The van der Waals surface area contributed by atoms with E-state index in [-0.39, 0.29) is 0 Å². The predicted octanol–water partition coefficient (Wildman–Crippen LogP) is 1.08. The minimum Gasteiger partial charge on any atom is -0.376 e. The average molecular weight is 224 g/mol. The Kier molecular flexibility index (Phi) is 2.73. The Morgan fingerprint density at radius 1 is 1.31 bits per heavy atom. The quantitative estimate of drug-likeness (QED) is 0.763. The van der Waals surface area contributed by atoms with E-state index in [2.05, 4.69) is 18.7 Å². The maximum absolute atomic E-state index is 6.29. The monoisotopic (exact) mass is 224 g/mol. The van der Waals surface area contributed by atoms with Gasteiger partial charge in [-0.1, -0.05) is 13.8 Å². The fourth-order valence-electron chi connectivity index (χ4n) is 3.58. The fraction of sp³-hybridized carbons (Fsp3) is 1.00. The normalized spacial score (nSPS) is 45.0. The van der Waals surface area contributed by atoms with Crippen molar-refractivity contribution in [2.75, 3.05) is 19.7 Å². The summed E-state index contributed by atoms with van der Waals surface area (Å²) in [6, 6.07) is 0.902. The molecule has 3 rings (SSSR count). The van der Waals surface area contributed by atoms with E-state index in [1.54, 1.807) is 0 Å². The van der Waals surface area contributed by atoms with Crippen LogP contribution in [0, 0.1) is 17.8 Å². The van der Waals surface area contributed by atoms with E-state index < -0.39 is 0 Å². The third-order valence-corrected chi connectivity index (χ3v) is 4.94. The summed E-state index contributed by atoms with van der Waals surface area (Å²) in [5, 5.41) is 0. The lowest BCUT2D eigenvalue weighted by Gasteiger charge is -2.60. The second-order valence-corrected chi connectivity index (χ2v) is 6.17.